The summed E-state index contributed by atoms with van der Waals surface area (Å²) in [7, 11) is 1.53. The quantitative estimate of drug-likeness (QED) is 0.404. The molecular weight excluding hydrogens is 418 g/mol. The van der Waals surface area contributed by atoms with Crippen LogP contribution in [0.2, 0.25) is 0 Å². The van der Waals surface area contributed by atoms with Crippen LogP contribution >= 0.6 is 11.8 Å². The molecule has 0 aliphatic carbocycles. The van der Waals surface area contributed by atoms with Gasteiger partial charge in [-0.15, -0.1) is 11.8 Å². The second-order valence-electron chi connectivity index (χ2n) is 6.36. The van der Waals surface area contributed by atoms with Crippen molar-refractivity contribution in [2.45, 2.75) is 11.4 Å². The predicted octanol–water partition coefficient (Wildman–Crippen LogP) is 2.90. The van der Waals surface area contributed by atoms with Crippen LogP contribution in [0.25, 0.3) is 0 Å². The number of amides is 2. The van der Waals surface area contributed by atoms with Crippen LogP contribution < -0.4 is 10.2 Å². The van der Waals surface area contributed by atoms with Gasteiger partial charge in [0.15, 0.2) is 6.61 Å². The molecule has 0 aliphatic rings. The van der Waals surface area contributed by atoms with Crippen molar-refractivity contribution in [2.75, 3.05) is 24.3 Å². The lowest BCUT2D eigenvalue weighted by molar-refractivity contribution is -0.145. The SMILES string of the molecule is CN(C(=O)COC(=O)CSc1ccncc1)c1ccccc1C(=O)NCc1ccco1. The first-order chi connectivity index (χ1) is 15.0. The molecule has 8 nitrogen and oxygen atoms in total. The van der Waals surface area contributed by atoms with Gasteiger partial charge in [0.1, 0.15) is 5.76 Å². The Morgan fingerprint density at radius 3 is 2.61 bits per heavy atom. The maximum absolute atomic E-state index is 12.6. The van der Waals surface area contributed by atoms with Gasteiger partial charge in [0, 0.05) is 24.3 Å². The summed E-state index contributed by atoms with van der Waals surface area (Å²) in [6.07, 6.45) is 4.79. The fraction of sp³-hybridized carbons (Fsp3) is 0.182. The van der Waals surface area contributed by atoms with E-state index in [1.165, 1.54) is 30.0 Å². The molecule has 3 rings (SSSR count). The van der Waals surface area contributed by atoms with Crippen molar-refractivity contribution in [1.82, 2.24) is 10.3 Å². The lowest BCUT2D eigenvalue weighted by Gasteiger charge is -2.20. The molecule has 0 bridgehead atoms. The van der Waals surface area contributed by atoms with Crippen molar-refractivity contribution in [3.05, 3.63) is 78.5 Å². The molecule has 0 atom stereocenters. The first-order valence-corrected chi connectivity index (χ1v) is 10.4. The van der Waals surface area contributed by atoms with Crippen molar-refractivity contribution in [3.8, 4) is 0 Å². The van der Waals surface area contributed by atoms with E-state index in [9.17, 15) is 14.4 Å². The number of esters is 1. The van der Waals surface area contributed by atoms with E-state index in [-0.39, 0.29) is 18.2 Å². The van der Waals surface area contributed by atoms with Crippen molar-refractivity contribution in [3.63, 3.8) is 0 Å². The molecule has 0 aliphatic heterocycles. The average Bonchev–Trinajstić information content (AvgIpc) is 3.33. The van der Waals surface area contributed by atoms with E-state index in [1.807, 2.05) is 0 Å². The molecular formula is C22H21N3O5S. The molecule has 1 N–H and O–H groups in total. The molecule has 2 amide bonds. The van der Waals surface area contributed by atoms with Crippen LogP contribution in [0.15, 0.2) is 76.5 Å². The fourth-order valence-electron chi connectivity index (χ4n) is 2.63. The number of carbonyl (C=O) groups is 3. The van der Waals surface area contributed by atoms with E-state index in [0.29, 0.717) is 17.0 Å². The molecule has 160 valence electrons. The smallest absolute Gasteiger partial charge is 0.316 e. The van der Waals surface area contributed by atoms with E-state index in [2.05, 4.69) is 10.3 Å². The molecule has 31 heavy (non-hydrogen) atoms. The van der Waals surface area contributed by atoms with Crippen LogP contribution in [0, 0.1) is 0 Å². The van der Waals surface area contributed by atoms with Crippen LogP contribution in [0.5, 0.6) is 0 Å². The van der Waals surface area contributed by atoms with E-state index < -0.39 is 18.5 Å². The van der Waals surface area contributed by atoms with Gasteiger partial charge in [-0.05, 0) is 36.4 Å². The first kappa shape index (κ1) is 22.1. The number of anilines is 1. The number of benzene rings is 1. The van der Waals surface area contributed by atoms with E-state index in [0.717, 1.165) is 4.90 Å². The molecule has 0 saturated heterocycles. The van der Waals surface area contributed by atoms with Crippen LogP contribution in [-0.4, -0.2) is 42.2 Å². The Balaban J connectivity index is 1.53. The molecule has 0 fully saturated rings. The highest BCUT2D eigenvalue weighted by molar-refractivity contribution is 8.00. The monoisotopic (exact) mass is 439 g/mol. The number of nitrogens with one attached hydrogen (secondary N) is 1. The summed E-state index contributed by atoms with van der Waals surface area (Å²) in [5, 5.41) is 2.75. The fourth-order valence-corrected chi connectivity index (χ4v) is 3.31. The highest BCUT2D eigenvalue weighted by Gasteiger charge is 2.19. The predicted molar refractivity (Wildman–Crippen MR) is 116 cm³/mol. The van der Waals surface area contributed by atoms with Crippen molar-refractivity contribution < 1.29 is 23.5 Å². The average molecular weight is 439 g/mol. The summed E-state index contributed by atoms with van der Waals surface area (Å²) in [4.78, 5) is 43.2. The number of furan rings is 1. The van der Waals surface area contributed by atoms with E-state index in [4.69, 9.17) is 9.15 Å². The van der Waals surface area contributed by atoms with Gasteiger partial charge in [0.25, 0.3) is 11.8 Å². The highest BCUT2D eigenvalue weighted by Crippen LogP contribution is 2.20. The minimum atomic E-state index is -0.506. The van der Waals surface area contributed by atoms with Gasteiger partial charge in [0.2, 0.25) is 0 Å². The third-order valence-corrected chi connectivity index (χ3v) is 5.24. The van der Waals surface area contributed by atoms with Gasteiger partial charge in [-0.1, -0.05) is 12.1 Å². The molecule has 9 heteroatoms. The van der Waals surface area contributed by atoms with Gasteiger partial charge in [-0.25, -0.2) is 0 Å². The first-order valence-electron chi connectivity index (χ1n) is 9.39. The van der Waals surface area contributed by atoms with Crippen LogP contribution in [-0.2, 0) is 20.9 Å². The zero-order valence-electron chi connectivity index (χ0n) is 16.8. The number of rotatable bonds is 9. The minimum absolute atomic E-state index is 0.0762. The number of ether oxygens (including phenoxy) is 1. The van der Waals surface area contributed by atoms with E-state index in [1.54, 1.807) is 60.9 Å². The minimum Gasteiger partial charge on any atom is -0.467 e. The lowest BCUT2D eigenvalue weighted by Crippen LogP contribution is -2.33. The number of hydrogen-bond acceptors (Lipinski definition) is 7. The van der Waals surface area contributed by atoms with Gasteiger partial charge in [-0.3, -0.25) is 19.4 Å². The van der Waals surface area contributed by atoms with Gasteiger partial charge < -0.3 is 19.4 Å². The van der Waals surface area contributed by atoms with Crippen LogP contribution in [0.4, 0.5) is 5.69 Å². The number of thioether (sulfide) groups is 1. The topological polar surface area (TPSA) is 102 Å². The summed E-state index contributed by atoms with van der Waals surface area (Å²) in [6.45, 7) is -0.195. The van der Waals surface area contributed by atoms with Gasteiger partial charge >= 0.3 is 5.97 Å². The molecule has 0 radical (unpaired) electrons. The van der Waals surface area contributed by atoms with Gasteiger partial charge in [-0.2, -0.15) is 0 Å². The Hall–Kier alpha value is -3.59. The largest absolute Gasteiger partial charge is 0.467 e. The number of likely N-dealkylation sites (N-methyl/N-ethyl adjacent to an activating group) is 1. The van der Waals surface area contributed by atoms with Crippen LogP contribution in [0.1, 0.15) is 16.1 Å². The summed E-state index contributed by atoms with van der Waals surface area (Å²) >= 11 is 1.30. The third kappa shape index (κ3) is 6.45. The Bertz CT molecular complexity index is 1020. The number of carbonyl (C=O) groups excluding carboxylic acids is 3. The maximum Gasteiger partial charge on any atom is 0.316 e. The zero-order valence-corrected chi connectivity index (χ0v) is 17.6. The highest BCUT2D eigenvalue weighted by atomic mass is 32.2. The summed E-state index contributed by atoms with van der Waals surface area (Å²) < 4.78 is 10.3. The maximum atomic E-state index is 12.6. The number of hydrogen-bond donors (Lipinski definition) is 1. The number of para-hydroxylation sites is 1. The van der Waals surface area contributed by atoms with E-state index >= 15 is 0 Å². The molecule has 2 heterocycles. The number of pyridine rings is 1. The molecule has 0 unspecified atom stereocenters. The van der Waals surface area contributed by atoms with Crippen molar-refractivity contribution in [2.24, 2.45) is 0 Å². The third-order valence-electron chi connectivity index (χ3n) is 4.25. The zero-order chi connectivity index (χ0) is 22.1. The van der Waals surface area contributed by atoms with Gasteiger partial charge in [0.05, 0.1) is 29.8 Å². The second-order valence-corrected chi connectivity index (χ2v) is 7.41. The molecule has 1 aromatic carbocycles. The van der Waals surface area contributed by atoms with Crippen molar-refractivity contribution >= 4 is 35.2 Å². The second kappa shape index (κ2) is 11.0. The molecule has 0 spiro atoms. The Morgan fingerprint density at radius 2 is 1.87 bits per heavy atom. The summed E-state index contributed by atoms with van der Waals surface area (Å²) in [5.41, 5.74) is 0.733. The summed E-state index contributed by atoms with van der Waals surface area (Å²) in [6, 6.07) is 13.8. The molecule has 3 aromatic rings. The Kier molecular flexibility index (Phi) is 7.83. The number of aromatic nitrogens is 1. The summed E-state index contributed by atoms with van der Waals surface area (Å²) in [5.74, 6) is -0.613. The Morgan fingerprint density at radius 1 is 1.10 bits per heavy atom. The lowest BCUT2D eigenvalue weighted by atomic mass is 10.1. The Labute approximate surface area is 183 Å². The normalized spacial score (nSPS) is 10.4. The number of nitrogens with zero attached hydrogens (tertiary/aromatic N) is 2. The van der Waals surface area contributed by atoms with Crippen LogP contribution in [0.3, 0.4) is 0 Å². The molecule has 2 aromatic heterocycles. The van der Waals surface area contributed by atoms with Crippen molar-refractivity contribution in [1.29, 1.82) is 0 Å². The molecule has 0 saturated carbocycles. The standard InChI is InChI=1S/C22H21N3O5S/c1-25(20(26)14-30-21(27)15-31-17-8-10-23-11-9-17)19-7-3-2-6-18(19)22(28)24-13-16-5-4-12-29-16/h2-12H,13-15H2,1H3,(H,24,28).